The van der Waals surface area contributed by atoms with Gasteiger partial charge < -0.3 is 4.57 Å². The molecule has 4 heterocycles. The maximum absolute atomic E-state index is 5.40. The van der Waals surface area contributed by atoms with Gasteiger partial charge in [-0.25, -0.2) is 4.98 Å². The third-order valence-electron chi connectivity index (χ3n) is 10.6. The van der Waals surface area contributed by atoms with E-state index in [2.05, 4.69) is 161 Å². The van der Waals surface area contributed by atoms with Crippen LogP contribution in [0.25, 0.3) is 108 Å². The summed E-state index contributed by atoms with van der Waals surface area (Å²) in [6.45, 7) is 0. The molecule has 0 atom stereocenters. The number of hydrogen-bond donors (Lipinski definition) is 0. The minimum atomic E-state index is 1.01. The topological polar surface area (TPSA) is 22.2 Å². The van der Waals surface area contributed by atoms with Crippen LogP contribution in [0.15, 0.2) is 152 Å². The predicted molar refractivity (Wildman–Crippen MR) is 210 cm³/mol. The fraction of sp³-hybridized carbons (Fsp3) is 0. The van der Waals surface area contributed by atoms with Crippen LogP contribution in [0.3, 0.4) is 0 Å². The quantitative estimate of drug-likeness (QED) is 0.164. The van der Waals surface area contributed by atoms with Crippen LogP contribution in [-0.4, -0.2) is 14.0 Å². The van der Waals surface area contributed by atoms with Crippen molar-refractivity contribution in [3.05, 3.63) is 152 Å². The number of pyridine rings is 1. The summed E-state index contributed by atoms with van der Waals surface area (Å²) in [5.41, 5.74) is 7.98. The first-order chi connectivity index (χ1) is 24.3. The smallest absolute Gasteiger partial charge is 0.147 e. The molecule has 4 aromatic heterocycles. The van der Waals surface area contributed by atoms with Gasteiger partial charge in [-0.05, 0) is 63.3 Å². The second-order valence-electron chi connectivity index (χ2n) is 13.1. The highest BCUT2D eigenvalue weighted by molar-refractivity contribution is 7.26. The van der Waals surface area contributed by atoms with Crippen LogP contribution in [0, 0.1) is 0 Å². The number of fused-ring (bicyclic) bond motifs is 20. The van der Waals surface area contributed by atoms with Crippen molar-refractivity contribution in [2.75, 3.05) is 0 Å². The van der Waals surface area contributed by atoms with E-state index in [-0.39, 0.29) is 0 Å². The van der Waals surface area contributed by atoms with Crippen molar-refractivity contribution in [2.45, 2.75) is 0 Å². The summed E-state index contributed by atoms with van der Waals surface area (Å²) >= 11 is 1.88. The Labute approximate surface area is 283 Å². The maximum Gasteiger partial charge on any atom is 0.147 e. The Morgan fingerprint density at radius 2 is 1.02 bits per heavy atom. The first-order valence-electron chi connectivity index (χ1n) is 16.7. The zero-order valence-electron chi connectivity index (χ0n) is 26.2. The number of rotatable bonds is 1. The average molecular weight is 640 g/mol. The monoisotopic (exact) mass is 639 g/mol. The molecule has 4 heteroatoms. The molecule has 0 bridgehead atoms. The van der Waals surface area contributed by atoms with Crippen molar-refractivity contribution in [1.29, 1.82) is 0 Å². The molecule has 0 saturated heterocycles. The molecular weight excluding hydrogens is 615 g/mol. The number of benzene rings is 8. The van der Waals surface area contributed by atoms with E-state index < -0.39 is 0 Å². The normalized spacial score (nSPS) is 12.5. The Hall–Kier alpha value is -6.23. The summed E-state index contributed by atoms with van der Waals surface area (Å²) in [6, 6.07) is 55.5. The molecule has 0 unspecified atom stereocenters. The lowest BCUT2D eigenvalue weighted by Gasteiger charge is -2.16. The molecule has 12 aromatic rings. The lowest BCUT2D eigenvalue weighted by atomic mass is 9.93. The van der Waals surface area contributed by atoms with Crippen LogP contribution in [0.5, 0.6) is 0 Å². The molecule has 12 rings (SSSR count). The summed E-state index contributed by atoms with van der Waals surface area (Å²) in [5, 5.41) is 13.9. The van der Waals surface area contributed by atoms with E-state index in [0.717, 1.165) is 16.7 Å². The number of aromatic nitrogens is 3. The molecule has 0 aliphatic carbocycles. The minimum absolute atomic E-state index is 1.01. The third-order valence-corrected chi connectivity index (χ3v) is 11.8. The molecule has 8 aromatic carbocycles. The molecule has 0 aliphatic heterocycles. The van der Waals surface area contributed by atoms with E-state index in [1.807, 2.05) is 11.3 Å². The lowest BCUT2D eigenvalue weighted by molar-refractivity contribution is 1.20. The van der Waals surface area contributed by atoms with Crippen LogP contribution in [0.2, 0.25) is 0 Å². The zero-order chi connectivity index (χ0) is 31.8. The van der Waals surface area contributed by atoms with Crippen molar-refractivity contribution < 1.29 is 0 Å². The highest BCUT2D eigenvalue weighted by atomic mass is 32.1. The maximum atomic E-state index is 5.40. The first-order valence-corrected chi connectivity index (χ1v) is 17.6. The molecule has 0 aliphatic rings. The van der Waals surface area contributed by atoms with E-state index in [0.29, 0.717) is 0 Å². The summed E-state index contributed by atoms with van der Waals surface area (Å²) in [4.78, 5) is 5.40. The highest BCUT2D eigenvalue weighted by Crippen LogP contribution is 2.47. The predicted octanol–water partition coefficient (Wildman–Crippen LogP) is 12.6. The Morgan fingerprint density at radius 3 is 1.82 bits per heavy atom. The van der Waals surface area contributed by atoms with E-state index in [1.54, 1.807) is 0 Å². The molecule has 0 N–H and O–H groups in total. The number of nitrogens with zero attached hydrogens (tertiary/aromatic N) is 3. The summed E-state index contributed by atoms with van der Waals surface area (Å²) in [5.74, 6) is 0. The number of imidazole rings is 1. The van der Waals surface area contributed by atoms with Crippen LogP contribution in [-0.2, 0) is 0 Å². The highest BCUT2D eigenvalue weighted by Gasteiger charge is 2.24. The summed E-state index contributed by atoms with van der Waals surface area (Å²) in [6.07, 6.45) is 0. The van der Waals surface area contributed by atoms with Gasteiger partial charge in [0.2, 0.25) is 0 Å². The fourth-order valence-corrected chi connectivity index (χ4v) is 9.94. The Morgan fingerprint density at radius 1 is 0.408 bits per heavy atom. The first kappa shape index (κ1) is 25.8. The van der Waals surface area contributed by atoms with Gasteiger partial charge in [0, 0.05) is 37.0 Å². The zero-order valence-corrected chi connectivity index (χ0v) is 27.0. The Kier molecular flexibility index (Phi) is 4.86. The van der Waals surface area contributed by atoms with Gasteiger partial charge in [-0.15, -0.1) is 11.3 Å². The molecule has 226 valence electrons. The van der Waals surface area contributed by atoms with Crippen LogP contribution >= 0.6 is 11.3 Å². The van der Waals surface area contributed by atoms with Crippen LogP contribution < -0.4 is 0 Å². The SMILES string of the molecule is c1ccc2c(c1)nc1c3c(ccc4c3c3ccccc3n4-c3cccc4c5ccccc5c5ccccc5c34)c3sc4ccccc4c3n21. The van der Waals surface area contributed by atoms with Gasteiger partial charge in [0.1, 0.15) is 5.65 Å². The molecular formula is C45H25N3S. The second kappa shape index (κ2) is 9.22. The van der Waals surface area contributed by atoms with E-state index >= 15 is 0 Å². The molecule has 0 saturated carbocycles. The largest absolute Gasteiger partial charge is 0.309 e. The summed E-state index contributed by atoms with van der Waals surface area (Å²) < 4.78 is 7.52. The van der Waals surface area contributed by atoms with Gasteiger partial charge in [-0.3, -0.25) is 4.40 Å². The van der Waals surface area contributed by atoms with E-state index in [4.69, 9.17) is 4.98 Å². The molecule has 0 fully saturated rings. The molecule has 0 spiro atoms. The van der Waals surface area contributed by atoms with Gasteiger partial charge in [-0.2, -0.15) is 0 Å². The standard InChI is InChI=1S/C45H25N3S/c1-2-13-28-26(12-1)27-14-3-4-15-29(27)40-30(28)18-11-22-37(40)47-35-20-8-5-16-31(35)41-38(47)25-24-33-42(41)45-46-34-19-7-9-21-36(34)48(45)43-32-17-6-10-23-39(32)49-44(33)43/h1-25H. The van der Waals surface area contributed by atoms with E-state index in [9.17, 15) is 0 Å². The molecule has 3 nitrogen and oxygen atoms in total. The number of para-hydroxylation sites is 3. The fourth-order valence-electron chi connectivity index (χ4n) is 8.72. The Balaban J connectivity index is 1.34. The van der Waals surface area contributed by atoms with Crippen molar-refractivity contribution in [2.24, 2.45) is 0 Å². The van der Waals surface area contributed by atoms with Crippen molar-refractivity contribution in [1.82, 2.24) is 14.0 Å². The van der Waals surface area contributed by atoms with Crippen LogP contribution in [0.1, 0.15) is 0 Å². The van der Waals surface area contributed by atoms with Crippen LogP contribution in [0.4, 0.5) is 0 Å². The molecule has 0 amide bonds. The van der Waals surface area contributed by atoms with Gasteiger partial charge in [-0.1, -0.05) is 115 Å². The van der Waals surface area contributed by atoms with Crippen molar-refractivity contribution in [3.63, 3.8) is 0 Å². The second-order valence-corrected chi connectivity index (χ2v) is 14.1. The van der Waals surface area contributed by atoms with Gasteiger partial charge >= 0.3 is 0 Å². The Bertz CT molecular complexity index is 3350. The average Bonchev–Trinajstić information content (AvgIpc) is 3.84. The van der Waals surface area contributed by atoms with Crippen molar-refractivity contribution >= 4 is 113 Å². The molecule has 49 heavy (non-hydrogen) atoms. The van der Waals surface area contributed by atoms with Gasteiger partial charge in [0.25, 0.3) is 0 Å². The van der Waals surface area contributed by atoms with Crippen molar-refractivity contribution in [3.8, 4) is 5.69 Å². The van der Waals surface area contributed by atoms with E-state index in [1.165, 1.54) is 90.9 Å². The van der Waals surface area contributed by atoms with Gasteiger partial charge in [0.15, 0.2) is 0 Å². The van der Waals surface area contributed by atoms with Gasteiger partial charge in [0.05, 0.1) is 38.0 Å². The minimum Gasteiger partial charge on any atom is -0.309 e. The third kappa shape index (κ3) is 3.20. The number of hydrogen-bond acceptors (Lipinski definition) is 2. The summed E-state index contributed by atoms with van der Waals surface area (Å²) in [7, 11) is 0. The lowest BCUT2D eigenvalue weighted by Crippen LogP contribution is -1.97. The number of thiophene rings is 1. The molecule has 0 radical (unpaired) electrons.